The lowest BCUT2D eigenvalue weighted by Gasteiger charge is -2.25. The van der Waals surface area contributed by atoms with Gasteiger partial charge >= 0.3 is 12.4 Å². The van der Waals surface area contributed by atoms with Crippen molar-refractivity contribution in [3.63, 3.8) is 0 Å². The van der Waals surface area contributed by atoms with E-state index in [0.717, 1.165) is 17.0 Å². The van der Waals surface area contributed by atoms with E-state index < -0.39 is 36.3 Å². The summed E-state index contributed by atoms with van der Waals surface area (Å²) in [6.45, 7) is 3.44. The van der Waals surface area contributed by atoms with E-state index in [2.05, 4.69) is 15.4 Å². The highest BCUT2D eigenvalue weighted by atomic mass is 19.4. The Hall–Kier alpha value is -2.78. The second kappa shape index (κ2) is 9.15. The molecule has 4 amide bonds. The maximum absolute atomic E-state index is 12.7. The van der Waals surface area contributed by atoms with Crippen molar-refractivity contribution in [1.29, 1.82) is 0 Å². The Morgan fingerprint density at radius 3 is 2.24 bits per heavy atom. The maximum atomic E-state index is 12.7. The molecule has 0 spiro atoms. The van der Waals surface area contributed by atoms with Gasteiger partial charge in [-0.1, -0.05) is 38.8 Å². The van der Waals surface area contributed by atoms with Gasteiger partial charge < -0.3 is 15.4 Å². The van der Waals surface area contributed by atoms with Gasteiger partial charge in [-0.2, -0.15) is 0 Å². The Kier molecular flexibility index (Phi) is 7.10. The lowest BCUT2D eigenvalue weighted by atomic mass is 9.88. The molecule has 1 fully saturated rings. The van der Waals surface area contributed by atoms with Gasteiger partial charge in [0.05, 0.1) is 0 Å². The summed E-state index contributed by atoms with van der Waals surface area (Å²) < 4.78 is 40.3. The summed E-state index contributed by atoms with van der Waals surface area (Å²) in [6, 6.07) is 4.43. The molecule has 0 aliphatic carbocycles. The van der Waals surface area contributed by atoms with E-state index in [-0.39, 0.29) is 12.3 Å². The van der Waals surface area contributed by atoms with Crippen molar-refractivity contribution < 1.29 is 32.3 Å². The topological polar surface area (TPSA) is 87.7 Å². The van der Waals surface area contributed by atoms with Gasteiger partial charge in [0.1, 0.15) is 17.8 Å². The molecular weight excluding hydrogens is 391 g/mol. The number of carbonyl (C=O) groups is 3. The van der Waals surface area contributed by atoms with Crippen LogP contribution in [0.25, 0.3) is 0 Å². The first-order valence-electron chi connectivity index (χ1n) is 9.35. The van der Waals surface area contributed by atoms with Crippen LogP contribution in [0.3, 0.4) is 0 Å². The van der Waals surface area contributed by atoms with E-state index in [1.165, 1.54) is 12.1 Å². The van der Waals surface area contributed by atoms with Crippen LogP contribution in [0.1, 0.15) is 45.1 Å². The summed E-state index contributed by atoms with van der Waals surface area (Å²) in [6.07, 6.45) is -2.37. The van der Waals surface area contributed by atoms with E-state index in [0.29, 0.717) is 31.2 Å². The molecule has 1 aromatic rings. The van der Waals surface area contributed by atoms with Gasteiger partial charge in [-0.3, -0.25) is 14.5 Å². The SMILES string of the molecule is CCCC1(CCC)NC(=O)N(CC(=O)NCc2ccc(OC(F)(F)F)cc2)C1=O. The number of nitrogens with zero attached hydrogens (tertiary/aromatic N) is 1. The fourth-order valence-corrected chi connectivity index (χ4v) is 3.35. The number of amides is 4. The fourth-order valence-electron chi connectivity index (χ4n) is 3.35. The monoisotopic (exact) mass is 415 g/mol. The van der Waals surface area contributed by atoms with Gasteiger partial charge in [0.15, 0.2) is 0 Å². The first-order chi connectivity index (χ1) is 13.6. The van der Waals surface area contributed by atoms with E-state index in [4.69, 9.17) is 0 Å². The molecule has 2 N–H and O–H groups in total. The minimum atomic E-state index is -4.77. The van der Waals surface area contributed by atoms with Crippen molar-refractivity contribution in [2.75, 3.05) is 6.54 Å². The number of ether oxygens (including phenoxy) is 1. The van der Waals surface area contributed by atoms with E-state index in [1.54, 1.807) is 0 Å². The Bertz CT molecular complexity index is 744. The Morgan fingerprint density at radius 2 is 1.72 bits per heavy atom. The van der Waals surface area contributed by atoms with Gasteiger partial charge in [-0.05, 0) is 30.5 Å². The molecule has 29 heavy (non-hydrogen) atoms. The third-order valence-electron chi connectivity index (χ3n) is 4.55. The van der Waals surface area contributed by atoms with Gasteiger partial charge in [0, 0.05) is 6.54 Å². The third kappa shape index (κ3) is 5.85. The number of nitrogens with one attached hydrogen (secondary N) is 2. The number of imide groups is 1. The minimum absolute atomic E-state index is 0.0316. The molecule has 1 saturated heterocycles. The van der Waals surface area contributed by atoms with Crippen LogP contribution in [0.2, 0.25) is 0 Å². The number of benzene rings is 1. The van der Waals surface area contributed by atoms with Crippen molar-refractivity contribution in [3.8, 4) is 5.75 Å². The number of halogens is 3. The summed E-state index contributed by atoms with van der Waals surface area (Å²) in [7, 11) is 0. The number of alkyl halides is 3. The highest BCUT2D eigenvalue weighted by molar-refractivity contribution is 6.09. The molecule has 1 aliphatic rings. The summed E-state index contributed by atoms with van der Waals surface area (Å²) in [4.78, 5) is 38.0. The number of urea groups is 1. The molecular formula is C19H24F3N3O4. The molecule has 0 bridgehead atoms. The molecule has 2 rings (SSSR count). The van der Waals surface area contributed by atoms with Crippen LogP contribution in [-0.2, 0) is 16.1 Å². The minimum Gasteiger partial charge on any atom is -0.406 e. The summed E-state index contributed by atoms with van der Waals surface area (Å²) in [5.41, 5.74) is -0.425. The largest absolute Gasteiger partial charge is 0.573 e. The average molecular weight is 415 g/mol. The van der Waals surface area contributed by atoms with Crippen molar-refractivity contribution in [3.05, 3.63) is 29.8 Å². The summed E-state index contributed by atoms with van der Waals surface area (Å²) in [5.74, 6) is -1.32. The number of rotatable bonds is 9. The van der Waals surface area contributed by atoms with Crippen molar-refractivity contribution >= 4 is 17.8 Å². The number of carbonyl (C=O) groups excluding carboxylic acids is 3. The molecule has 0 radical (unpaired) electrons. The van der Waals surface area contributed by atoms with Crippen LogP contribution in [-0.4, -0.2) is 41.2 Å². The Morgan fingerprint density at radius 1 is 1.14 bits per heavy atom. The van der Waals surface area contributed by atoms with Crippen LogP contribution >= 0.6 is 0 Å². The molecule has 0 unspecified atom stereocenters. The van der Waals surface area contributed by atoms with Crippen molar-refractivity contribution in [1.82, 2.24) is 15.5 Å². The zero-order valence-corrected chi connectivity index (χ0v) is 16.3. The van der Waals surface area contributed by atoms with Crippen LogP contribution in [0.5, 0.6) is 5.75 Å². The normalized spacial score (nSPS) is 16.0. The predicted molar refractivity (Wildman–Crippen MR) is 97.8 cm³/mol. The molecule has 1 aliphatic heterocycles. The fraction of sp³-hybridized carbons (Fsp3) is 0.526. The first kappa shape index (κ1) is 22.5. The van der Waals surface area contributed by atoms with Crippen molar-refractivity contribution in [2.24, 2.45) is 0 Å². The third-order valence-corrected chi connectivity index (χ3v) is 4.55. The molecule has 0 atom stereocenters. The number of hydrogen-bond donors (Lipinski definition) is 2. The van der Waals surface area contributed by atoms with E-state index in [1.807, 2.05) is 13.8 Å². The van der Waals surface area contributed by atoms with Crippen molar-refractivity contribution in [2.45, 2.75) is 58.0 Å². The highest BCUT2D eigenvalue weighted by Gasteiger charge is 2.50. The van der Waals surface area contributed by atoms with Crippen LogP contribution in [0, 0.1) is 0 Å². The van der Waals surface area contributed by atoms with Gasteiger partial charge in [0.2, 0.25) is 5.91 Å². The second-order valence-electron chi connectivity index (χ2n) is 6.87. The predicted octanol–water partition coefficient (Wildman–Crippen LogP) is 3.09. The molecule has 1 aromatic carbocycles. The smallest absolute Gasteiger partial charge is 0.406 e. The zero-order valence-electron chi connectivity index (χ0n) is 16.3. The van der Waals surface area contributed by atoms with Crippen LogP contribution in [0.4, 0.5) is 18.0 Å². The van der Waals surface area contributed by atoms with Gasteiger partial charge in [-0.15, -0.1) is 13.2 Å². The lowest BCUT2D eigenvalue weighted by Crippen LogP contribution is -2.47. The Labute approximate surface area is 166 Å². The highest BCUT2D eigenvalue weighted by Crippen LogP contribution is 2.28. The summed E-state index contributed by atoms with van der Waals surface area (Å²) in [5, 5.41) is 5.27. The number of hydrogen-bond acceptors (Lipinski definition) is 4. The molecule has 0 aromatic heterocycles. The quantitative estimate of drug-likeness (QED) is 0.607. The molecule has 0 saturated carbocycles. The first-order valence-corrected chi connectivity index (χ1v) is 9.35. The van der Waals surface area contributed by atoms with Crippen LogP contribution < -0.4 is 15.4 Å². The lowest BCUT2D eigenvalue weighted by molar-refractivity contribution is -0.274. The molecule has 10 heteroatoms. The second-order valence-corrected chi connectivity index (χ2v) is 6.87. The van der Waals surface area contributed by atoms with Crippen LogP contribution in [0.15, 0.2) is 24.3 Å². The molecule has 160 valence electrons. The summed E-state index contributed by atoms with van der Waals surface area (Å²) >= 11 is 0. The molecule has 1 heterocycles. The van der Waals surface area contributed by atoms with Gasteiger partial charge in [0.25, 0.3) is 5.91 Å². The van der Waals surface area contributed by atoms with E-state index in [9.17, 15) is 27.6 Å². The Balaban J connectivity index is 1.92. The zero-order chi connectivity index (χ0) is 21.7. The molecule has 7 nitrogen and oxygen atoms in total. The van der Waals surface area contributed by atoms with E-state index >= 15 is 0 Å². The van der Waals surface area contributed by atoms with Gasteiger partial charge in [-0.25, -0.2) is 4.79 Å². The average Bonchev–Trinajstić information content (AvgIpc) is 2.85. The standard InChI is InChI=1S/C19H24F3N3O4/c1-3-9-18(10-4-2)16(27)25(17(28)24-18)12-15(26)23-11-13-5-7-14(8-6-13)29-19(20,21)22/h5-8H,3-4,9-12H2,1-2H3,(H,23,26)(H,24,28). The maximum Gasteiger partial charge on any atom is 0.573 e.